The molecule has 2 heterocycles. The highest BCUT2D eigenvalue weighted by atomic mass is 32.2. The minimum atomic E-state index is -2.08. The Bertz CT molecular complexity index is 1340. The van der Waals surface area contributed by atoms with Crippen LogP contribution in [0.3, 0.4) is 0 Å². The van der Waals surface area contributed by atoms with Gasteiger partial charge in [0.1, 0.15) is 12.1 Å². The van der Waals surface area contributed by atoms with E-state index in [0.717, 1.165) is 56.2 Å². The lowest BCUT2D eigenvalue weighted by Crippen LogP contribution is -2.60. The average molecular weight is 709 g/mol. The number of amides is 5. The fraction of sp³-hybridized carbons (Fsp3) is 0.727. The molecule has 2 saturated carbocycles. The molecule has 0 bridgehead atoms. The molecule has 0 aromatic carbocycles. The number of rotatable bonds is 15. The minimum Gasteiger partial charge on any atom is -0.363 e. The predicted molar refractivity (Wildman–Crippen MR) is 183 cm³/mol. The van der Waals surface area contributed by atoms with E-state index in [-0.39, 0.29) is 29.2 Å². The Labute approximate surface area is 289 Å². The van der Waals surface area contributed by atoms with Crippen molar-refractivity contribution in [3.63, 3.8) is 0 Å². The molecular formula is C33H52N6O7S2. The molecule has 3 fully saturated rings. The lowest BCUT2D eigenvalue weighted by Gasteiger charge is -2.36. The summed E-state index contributed by atoms with van der Waals surface area (Å²) >= 11 is -0.702. The Morgan fingerprint density at radius 1 is 1.00 bits per heavy atom. The van der Waals surface area contributed by atoms with Gasteiger partial charge in [0.25, 0.3) is 5.91 Å². The van der Waals surface area contributed by atoms with E-state index in [1.54, 1.807) is 11.4 Å². The van der Waals surface area contributed by atoms with Gasteiger partial charge in [-0.1, -0.05) is 59.3 Å². The Hall–Kier alpha value is -2.88. The average Bonchev–Trinajstić information content (AvgIpc) is 3.70. The van der Waals surface area contributed by atoms with Gasteiger partial charge in [0.05, 0.1) is 10.9 Å². The summed E-state index contributed by atoms with van der Waals surface area (Å²) in [6.45, 7) is 7.09. The monoisotopic (exact) mass is 708 g/mol. The number of carbonyl (C=O) groups excluding carboxylic acids is 5. The molecule has 5 amide bonds. The largest absolute Gasteiger partial charge is 0.363 e. The molecule has 13 nitrogen and oxygen atoms in total. The Morgan fingerprint density at radius 3 is 2.31 bits per heavy atom. The molecule has 1 aromatic rings. The van der Waals surface area contributed by atoms with Crippen LogP contribution in [-0.4, -0.2) is 80.5 Å². The molecule has 1 aromatic heterocycles. The van der Waals surface area contributed by atoms with E-state index < -0.39 is 52.8 Å². The van der Waals surface area contributed by atoms with E-state index in [4.69, 9.17) is 5.73 Å². The molecule has 5 atom stereocenters. The summed E-state index contributed by atoms with van der Waals surface area (Å²) in [4.78, 5) is 68.4. The molecule has 268 valence electrons. The highest BCUT2D eigenvalue weighted by molar-refractivity contribution is 7.79. The van der Waals surface area contributed by atoms with Crippen LogP contribution in [0.4, 0.5) is 4.79 Å². The summed E-state index contributed by atoms with van der Waals surface area (Å²) < 4.78 is 21.2. The summed E-state index contributed by atoms with van der Waals surface area (Å²) in [5.74, 6) is -2.57. The van der Waals surface area contributed by atoms with E-state index in [1.165, 1.54) is 16.2 Å². The minimum absolute atomic E-state index is 0.0908. The van der Waals surface area contributed by atoms with Gasteiger partial charge in [-0.3, -0.25) is 19.2 Å². The van der Waals surface area contributed by atoms with Gasteiger partial charge in [0, 0.05) is 30.6 Å². The van der Waals surface area contributed by atoms with Gasteiger partial charge in [-0.05, 0) is 60.8 Å². The van der Waals surface area contributed by atoms with E-state index in [0.29, 0.717) is 43.8 Å². The quantitative estimate of drug-likeness (QED) is 0.118. The molecule has 4 rings (SSSR count). The van der Waals surface area contributed by atoms with E-state index in [9.17, 15) is 32.7 Å². The number of carbonyl (C=O) groups is 5. The first-order valence-electron chi connectivity index (χ1n) is 17.2. The van der Waals surface area contributed by atoms with Crippen molar-refractivity contribution in [1.29, 1.82) is 0 Å². The molecule has 2 aliphatic carbocycles. The Morgan fingerprint density at radius 2 is 1.71 bits per heavy atom. The van der Waals surface area contributed by atoms with Crippen LogP contribution in [0.2, 0.25) is 0 Å². The van der Waals surface area contributed by atoms with Crippen LogP contribution in [0.25, 0.3) is 0 Å². The number of thiophene rings is 1. The number of primary amides is 1. The second-order valence-corrected chi connectivity index (χ2v) is 16.5. The first-order valence-corrected chi connectivity index (χ1v) is 19.1. The zero-order chi connectivity index (χ0) is 35.0. The van der Waals surface area contributed by atoms with Crippen LogP contribution in [0.15, 0.2) is 16.3 Å². The van der Waals surface area contributed by atoms with Gasteiger partial charge in [-0.25, -0.2) is 9.00 Å². The molecule has 0 spiro atoms. The van der Waals surface area contributed by atoms with Crippen LogP contribution in [0.5, 0.6) is 0 Å². The molecular weight excluding hydrogens is 657 g/mol. The Kier molecular flexibility index (Phi) is 13.6. The van der Waals surface area contributed by atoms with Crippen LogP contribution in [0.1, 0.15) is 96.3 Å². The van der Waals surface area contributed by atoms with Crippen molar-refractivity contribution >= 4 is 52.0 Å². The van der Waals surface area contributed by atoms with Crippen LogP contribution in [-0.2, 0) is 36.8 Å². The van der Waals surface area contributed by atoms with Crippen LogP contribution in [0, 0.1) is 17.3 Å². The van der Waals surface area contributed by atoms with Crippen molar-refractivity contribution in [2.75, 3.05) is 13.1 Å². The maximum absolute atomic E-state index is 14.2. The number of ketones is 1. The third kappa shape index (κ3) is 10.1. The number of likely N-dealkylation sites (tertiary alicyclic amines) is 1. The SMILES string of the molecule is CC(C)(C)[C@@H](CNCc1sccc1S(=O)O)NC(=O)N[C@H](C(=O)N1CCC[C@H]1C(=O)NC(CC1CCC1)C(=O)C(N)=O)C1CCCCC1. The fourth-order valence-corrected chi connectivity index (χ4v) is 8.56. The molecule has 7 N–H and O–H groups in total. The normalized spacial score (nSPS) is 21.4. The number of hydrogen-bond donors (Lipinski definition) is 6. The Balaban J connectivity index is 1.43. The highest BCUT2D eigenvalue weighted by Gasteiger charge is 2.42. The van der Waals surface area contributed by atoms with Crippen molar-refractivity contribution in [2.24, 2.45) is 23.0 Å². The predicted octanol–water partition coefficient (Wildman–Crippen LogP) is 2.80. The number of Topliss-reactive ketones (excluding diaryl/α,β-unsaturated/α-hetero) is 1. The third-order valence-electron chi connectivity index (χ3n) is 10.1. The molecule has 48 heavy (non-hydrogen) atoms. The molecule has 1 aliphatic heterocycles. The van der Waals surface area contributed by atoms with Crippen LogP contribution >= 0.6 is 11.3 Å². The van der Waals surface area contributed by atoms with Gasteiger partial charge in [0.15, 0.2) is 11.1 Å². The number of hydrogen-bond acceptors (Lipinski definition) is 8. The second-order valence-electron chi connectivity index (χ2n) is 14.5. The van der Waals surface area contributed by atoms with E-state index >= 15 is 0 Å². The smallest absolute Gasteiger partial charge is 0.315 e. The zero-order valence-electron chi connectivity index (χ0n) is 28.3. The standard InChI is InChI=1S/C33H52N6O7S2/c1-33(2,3)26(19-35-18-24-25(48(45)46)14-16-47-24)37-32(44)38-27(21-11-5-4-6-12-21)31(43)39-15-8-13-23(39)30(42)36-22(28(40)29(34)41)17-20-9-7-10-20/h14,16,20-23,26-27,35H,4-13,15,17-19H2,1-3H3,(H2,34,41)(H,36,42)(H,45,46)(H2,37,38,44)/t22?,23-,26+,27-/m0/s1. The maximum atomic E-state index is 14.2. The van der Waals surface area contributed by atoms with Crippen molar-refractivity contribution in [2.45, 2.75) is 127 Å². The topological polar surface area (TPSA) is 200 Å². The lowest BCUT2D eigenvalue weighted by atomic mass is 9.80. The number of nitrogens with two attached hydrogens (primary N) is 1. The summed E-state index contributed by atoms with van der Waals surface area (Å²) in [7, 11) is 0. The van der Waals surface area contributed by atoms with Gasteiger partial charge < -0.3 is 36.5 Å². The summed E-state index contributed by atoms with van der Waals surface area (Å²) in [5.41, 5.74) is 4.94. The highest BCUT2D eigenvalue weighted by Crippen LogP contribution is 2.32. The van der Waals surface area contributed by atoms with Gasteiger partial charge in [-0.15, -0.1) is 11.3 Å². The first-order chi connectivity index (χ1) is 22.8. The number of urea groups is 1. The third-order valence-corrected chi connectivity index (χ3v) is 11.9. The summed E-state index contributed by atoms with van der Waals surface area (Å²) in [6, 6.07) is -1.88. The first kappa shape index (κ1) is 37.9. The van der Waals surface area contributed by atoms with Gasteiger partial charge in [-0.2, -0.15) is 0 Å². The van der Waals surface area contributed by atoms with E-state index in [1.807, 2.05) is 20.8 Å². The molecule has 2 unspecified atom stereocenters. The number of nitrogens with zero attached hydrogens (tertiary/aromatic N) is 1. The molecule has 1 saturated heterocycles. The summed E-state index contributed by atoms with van der Waals surface area (Å²) in [5, 5.41) is 13.8. The van der Waals surface area contributed by atoms with Gasteiger partial charge in [0.2, 0.25) is 17.6 Å². The lowest BCUT2D eigenvalue weighted by molar-refractivity contribution is -0.143. The molecule has 15 heteroatoms. The van der Waals surface area contributed by atoms with Gasteiger partial charge >= 0.3 is 6.03 Å². The molecule has 0 radical (unpaired) electrons. The van der Waals surface area contributed by atoms with Crippen molar-refractivity contribution < 1.29 is 32.7 Å². The second kappa shape index (κ2) is 17.2. The maximum Gasteiger partial charge on any atom is 0.315 e. The summed E-state index contributed by atoms with van der Waals surface area (Å²) in [6.07, 6.45) is 8.74. The van der Waals surface area contributed by atoms with E-state index in [2.05, 4.69) is 21.3 Å². The zero-order valence-corrected chi connectivity index (χ0v) is 29.9. The fourth-order valence-electron chi connectivity index (χ4n) is 6.92. The van der Waals surface area contributed by atoms with Crippen LogP contribution < -0.4 is 27.0 Å². The van der Waals surface area contributed by atoms with Crippen molar-refractivity contribution in [1.82, 2.24) is 26.2 Å². The van der Waals surface area contributed by atoms with Crippen molar-refractivity contribution in [3.8, 4) is 0 Å². The van der Waals surface area contributed by atoms with Crippen molar-refractivity contribution in [3.05, 3.63) is 16.3 Å². The molecule has 3 aliphatic rings. The number of nitrogens with one attached hydrogen (secondary N) is 4.